The topological polar surface area (TPSA) is 83.4 Å². The van der Waals surface area contributed by atoms with E-state index in [0.29, 0.717) is 21.8 Å². The van der Waals surface area contributed by atoms with Crippen LogP contribution in [0.3, 0.4) is 0 Å². The minimum Gasteiger partial charge on any atom is -0.507 e. The van der Waals surface area contributed by atoms with Crippen LogP contribution in [0.15, 0.2) is 72.8 Å². The van der Waals surface area contributed by atoms with E-state index in [1.807, 2.05) is 6.92 Å². The monoisotopic (exact) mass is 405 g/mol. The van der Waals surface area contributed by atoms with Gasteiger partial charge in [0, 0.05) is 41.1 Å². The molecule has 144 valence electrons. The van der Waals surface area contributed by atoms with E-state index in [4.69, 9.17) is 11.6 Å². The lowest BCUT2D eigenvalue weighted by molar-refractivity contribution is -0.132. The lowest BCUT2D eigenvalue weighted by Crippen LogP contribution is -2.30. The number of aryl methyl sites for hydroxylation is 1. The molecule has 0 saturated carbocycles. The Morgan fingerprint density at radius 2 is 1.83 bits per heavy atom. The first-order valence-corrected chi connectivity index (χ1v) is 9.24. The molecule has 1 aliphatic heterocycles. The summed E-state index contributed by atoms with van der Waals surface area (Å²) in [4.78, 5) is 35.5. The number of carbonyl (C=O) groups is 2. The Hall–Kier alpha value is -3.51. The number of ketones is 1. The van der Waals surface area contributed by atoms with Gasteiger partial charge in [-0.3, -0.25) is 24.5 Å². The second-order valence-electron chi connectivity index (χ2n) is 6.62. The normalized spacial score (nSPS) is 18.3. The van der Waals surface area contributed by atoms with Gasteiger partial charge in [-0.1, -0.05) is 23.7 Å². The van der Waals surface area contributed by atoms with Crippen molar-refractivity contribution in [1.29, 1.82) is 0 Å². The van der Waals surface area contributed by atoms with E-state index in [0.717, 1.165) is 5.56 Å². The molecule has 0 bridgehead atoms. The zero-order valence-corrected chi connectivity index (χ0v) is 16.2. The van der Waals surface area contributed by atoms with Gasteiger partial charge in [-0.05, 0) is 48.4 Å². The van der Waals surface area contributed by atoms with Gasteiger partial charge in [0.05, 0.1) is 11.6 Å². The first-order valence-electron chi connectivity index (χ1n) is 8.86. The molecule has 1 aromatic carbocycles. The number of rotatable bonds is 3. The van der Waals surface area contributed by atoms with Crippen LogP contribution in [0.2, 0.25) is 5.02 Å². The van der Waals surface area contributed by atoms with Gasteiger partial charge in [-0.15, -0.1) is 0 Å². The van der Waals surface area contributed by atoms with Gasteiger partial charge in [0.25, 0.3) is 11.7 Å². The Bertz CT molecular complexity index is 1130. The van der Waals surface area contributed by atoms with Crippen LogP contribution < -0.4 is 4.90 Å². The van der Waals surface area contributed by atoms with Crippen molar-refractivity contribution in [3.8, 4) is 0 Å². The van der Waals surface area contributed by atoms with Gasteiger partial charge >= 0.3 is 0 Å². The van der Waals surface area contributed by atoms with Crippen LogP contribution in [-0.2, 0) is 9.59 Å². The largest absolute Gasteiger partial charge is 0.507 e. The number of anilines is 1. The molecule has 4 rings (SSSR count). The molecule has 1 amide bonds. The first-order chi connectivity index (χ1) is 14.0. The van der Waals surface area contributed by atoms with Crippen molar-refractivity contribution < 1.29 is 14.7 Å². The summed E-state index contributed by atoms with van der Waals surface area (Å²) in [6, 6.07) is 10.9. The number of amides is 1. The third-order valence-electron chi connectivity index (χ3n) is 4.83. The maximum Gasteiger partial charge on any atom is 0.300 e. The summed E-state index contributed by atoms with van der Waals surface area (Å²) in [5.74, 6) is -1.77. The Morgan fingerprint density at radius 3 is 2.52 bits per heavy atom. The predicted molar refractivity (Wildman–Crippen MR) is 109 cm³/mol. The zero-order chi connectivity index (χ0) is 20.5. The van der Waals surface area contributed by atoms with Crippen LogP contribution >= 0.6 is 11.6 Å². The van der Waals surface area contributed by atoms with E-state index in [9.17, 15) is 14.7 Å². The molecule has 1 fully saturated rings. The first kappa shape index (κ1) is 18.8. The third kappa shape index (κ3) is 3.28. The van der Waals surface area contributed by atoms with E-state index in [-0.39, 0.29) is 11.3 Å². The van der Waals surface area contributed by atoms with E-state index in [2.05, 4.69) is 9.97 Å². The van der Waals surface area contributed by atoms with Gasteiger partial charge in [0.2, 0.25) is 0 Å². The van der Waals surface area contributed by atoms with Crippen LogP contribution in [0.25, 0.3) is 5.76 Å². The average Bonchev–Trinajstić information content (AvgIpc) is 3.01. The summed E-state index contributed by atoms with van der Waals surface area (Å²) < 4.78 is 0. The molecule has 0 spiro atoms. The molecule has 1 atom stereocenters. The maximum atomic E-state index is 13.1. The van der Waals surface area contributed by atoms with Gasteiger partial charge in [-0.25, -0.2) is 0 Å². The molecule has 0 aliphatic carbocycles. The van der Waals surface area contributed by atoms with Crippen molar-refractivity contribution in [2.75, 3.05) is 4.90 Å². The summed E-state index contributed by atoms with van der Waals surface area (Å²) in [5.41, 5.74) is 2.27. The Kier molecular flexibility index (Phi) is 4.86. The molecule has 0 radical (unpaired) electrons. The number of pyridine rings is 2. The highest BCUT2D eigenvalue weighted by Crippen LogP contribution is 2.43. The molecule has 1 unspecified atom stereocenters. The fourth-order valence-electron chi connectivity index (χ4n) is 3.44. The third-order valence-corrected chi connectivity index (χ3v) is 5.06. The van der Waals surface area contributed by atoms with Crippen molar-refractivity contribution in [2.24, 2.45) is 0 Å². The van der Waals surface area contributed by atoms with Crippen molar-refractivity contribution >= 4 is 34.7 Å². The van der Waals surface area contributed by atoms with Crippen LogP contribution in [0.5, 0.6) is 0 Å². The molecule has 3 heterocycles. The SMILES string of the molecule is Cc1ccc(Cl)cc1N1C(=O)C(=O)/C(=C(/O)c2ccncc2)C1c1cccnc1. The second kappa shape index (κ2) is 7.48. The molecule has 2 aromatic heterocycles. The molecular formula is C22H16ClN3O3. The van der Waals surface area contributed by atoms with Crippen molar-refractivity contribution in [3.05, 3.63) is 94.5 Å². The highest BCUT2D eigenvalue weighted by molar-refractivity contribution is 6.52. The Balaban J connectivity index is 1.98. The standard InChI is InChI=1S/C22H16ClN3O3/c1-13-4-5-16(23)11-17(13)26-19(15-3-2-8-25-12-15)18(21(28)22(26)29)20(27)14-6-9-24-10-7-14/h2-12,19,27H,1H3/b20-18+. The number of halogens is 1. The van der Waals surface area contributed by atoms with Crippen molar-refractivity contribution in [3.63, 3.8) is 0 Å². The van der Waals surface area contributed by atoms with Crippen LogP contribution in [0, 0.1) is 6.92 Å². The van der Waals surface area contributed by atoms with Gasteiger partial charge < -0.3 is 5.11 Å². The minimum absolute atomic E-state index is 0.00595. The van der Waals surface area contributed by atoms with E-state index in [1.165, 1.54) is 17.3 Å². The molecule has 7 heteroatoms. The van der Waals surface area contributed by atoms with Crippen LogP contribution in [-0.4, -0.2) is 26.8 Å². The Morgan fingerprint density at radius 1 is 1.07 bits per heavy atom. The minimum atomic E-state index is -0.839. The van der Waals surface area contributed by atoms with Crippen molar-refractivity contribution in [1.82, 2.24) is 9.97 Å². The highest BCUT2D eigenvalue weighted by atomic mass is 35.5. The molecule has 6 nitrogen and oxygen atoms in total. The van der Waals surface area contributed by atoms with E-state index >= 15 is 0 Å². The molecule has 1 N–H and O–H groups in total. The fraction of sp³-hybridized carbons (Fsp3) is 0.0909. The van der Waals surface area contributed by atoms with Crippen LogP contribution in [0.1, 0.15) is 22.7 Å². The number of carbonyl (C=O) groups excluding carboxylic acids is 2. The number of aliphatic hydroxyl groups is 1. The molecule has 1 saturated heterocycles. The smallest absolute Gasteiger partial charge is 0.300 e. The van der Waals surface area contributed by atoms with E-state index < -0.39 is 17.7 Å². The van der Waals surface area contributed by atoms with Gasteiger partial charge in [0.15, 0.2) is 0 Å². The highest BCUT2D eigenvalue weighted by Gasteiger charge is 2.47. The summed E-state index contributed by atoms with van der Waals surface area (Å²) in [6.07, 6.45) is 6.18. The average molecular weight is 406 g/mol. The number of benzene rings is 1. The second-order valence-corrected chi connectivity index (χ2v) is 7.06. The summed E-state index contributed by atoms with van der Waals surface area (Å²) in [5, 5.41) is 11.4. The Labute approximate surface area is 172 Å². The summed E-state index contributed by atoms with van der Waals surface area (Å²) in [7, 11) is 0. The lowest BCUT2D eigenvalue weighted by Gasteiger charge is -2.26. The predicted octanol–water partition coefficient (Wildman–Crippen LogP) is 4.06. The lowest BCUT2D eigenvalue weighted by atomic mass is 9.96. The van der Waals surface area contributed by atoms with E-state index in [1.54, 1.807) is 54.9 Å². The van der Waals surface area contributed by atoms with Crippen LogP contribution in [0.4, 0.5) is 5.69 Å². The maximum absolute atomic E-state index is 13.1. The zero-order valence-electron chi connectivity index (χ0n) is 15.4. The summed E-state index contributed by atoms with van der Waals surface area (Å²) in [6.45, 7) is 1.83. The molecule has 29 heavy (non-hydrogen) atoms. The molecule has 1 aliphatic rings. The number of aromatic nitrogens is 2. The quantitative estimate of drug-likeness (QED) is 0.403. The number of hydrogen-bond acceptors (Lipinski definition) is 5. The number of hydrogen-bond donors (Lipinski definition) is 1. The summed E-state index contributed by atoms with van der Waals surface area (Å²) >= 11 is 6.16. The number of aliphatic hydroxyl groups excluding tert-OH is 1. The van der Waals surface area contributed by atoms with Gasteiger partial charge in [-0.2, -0.15) is 0 Å². The number of nitrogens with zero attached hydrogens (tertiary/aromatic N) is 3. The fourth-order valence-corrected chi connectivity index (χ4v) is 3.61. The van der Waals surface area contributed by atoms with Gasteiger partial charge in [0.1, 0.15) is 5.76 Å². The molecular weight excluding hydrogens is 390 g/mol. The number of Topliss-reactive ketones (excluding diaryl/α,β-unsaturated/α-hetero) is 1. The molecule has 3 aromatic rings. The van der Waals surface area contributed by atoms with Crippen molar-refractivity contribution in [2.45, 2.75) is 13.0 Å².